The van der Waals surface area contributed by atoms with E-state index in [4.69, 9.17) is 9.47 Å². The number of hydrogen-bond acceptors (Lipinski definition) is 4. The first-order valence-corrected chi connectivity index (χ1v) is 10.4. The number of carbonyl (C=O) groups excluding carboxylic acids is 2. The van der Waals surface area contributed by atoms with Crippen LogP contribution in [0.25, 0.3) is 0 Å². The molecule has 30 heavy (non-hydrogen) atoms. The minimum atomic E-state index is -0.313. The van der Waals surface area contributed by atoms with Crippen LogP contribution in [-0.4, -0.2) is 26.0 Å². The van der Waals surface area contributed by atoms with Gasteiger partial charge in [0.05, 0.1) is 34.5 Å². The Morgan fingerprint density at radius 1 is 0.700 bits per heavy atom. The Kier molecular flexibility index (Phi) is 7.12. The van der Waals surface area contributed by atoms with Gasteiger partial charge in [-0.2, -0.15) is 0 Å². The molecule has 0 bridgehead atoms. The summed E-state index contributed by atoms with van der Waals surface area (Å²) >= 11 is 6.75. The predicted molar refractivity (Wildman–Crippen MR) is 124 cm³/mol. The van der Waals surface area contributed by atoms with Gasteiger partial charge in [-0.3, -0.25) is 9.59 Å². The van der Waals surface area contributed by atoms with Crippen molar-refractivity contribution < 1.29 is 19.1 Å². The van der Waals surface area contributed by atoms with E-state index in [0.717, 1.165) is 0 Å². The minimum absolute atomic E-state index is 0.313. The Balaban J connectivity index is 1.79. The van der Waals surface area contributed by atoms with Crippen molar-refractivity contribution in [3.8, 4) is 11.5 Å². The van der Waals surface area contributed by atoms with Crippen LogP contribution in [0.1, 0.15) is 20.7 Å². The van der Waals surface area contributed by atoms with Crippen LogP contribution in [0.15, 0.2) is 69.6 Å². The number of hydrogen-bond donors (Lipinski definition) is 2. The summed E-state index contributed by atoms with van der Waals surface area (Å²) in [4.78, 5) is 25.4. The summed E-state index contributed by atoms with van der Waals surface area (Å²) in [6.45, 7) is 0. The molecule has 3 aromatic rings. The van der Waals surface area contributed by atoms with Crippen LogP contribution < -0.4 is 20.1 Å². The second-order valence-corrected chi connectivity index (χ2v) is 7.86. The van der Waals surface area contributed by atoms with Gasteiger partial charge in [-0.05, 0) is 80.4 Å². The van der Waals surface area contributed by atoms with Gasteiger partial charge in [0.1, 0.15) is 11.5 Å². The van der Waals surface area contributed by atoms with E-state index in [9.17, 15) is 9.59 Å². The summed E-state index contributed by atoms with van der Waals surface area (Å²) < 4.78 is 11.7. The molecule has 2 amide bonds. The molecule has 0 aliphatic carbocycles. The van der Waals surface area contributed by atoms with E-state index in [2.05, 4.69) is 42.5 Å². The lowest BCUT2D eigenvalue weighted by molar-refractivity contribution is 0.101. The van der Waals surface area contributed by atoms with Crippen molar-refractivity contribution in [1.29, 1.82) is 0 Å². The lowest BCUT2D eigenvalue weighted by atomic mass is 10.1. The van der Waals surface area contributed by atoms with Gasteiger partial charge in [0.25, 0.3) is 11.8 Å². The first kappa shape index (κ1) is 21.9. The van der Waals surface area contributed by atoms with Crippen molar-refractivity contribution in [2.45, 2.75) is 0 Å². The highest BCUT2D eigenvalue weighted by Gasteiger charge is 2.14. The summed E-state index contributed by atoms with van der Waals surface area (Å²) in [6.07, 6.45) is 0. The number of para-hydroxylation sites is 2. The Hall–Kier alpha value is -2.84. The number of halogens is 2. The molecule has 0 aromatic heterocycles. The molecule has 0 saturated carbocycles. The Bertz CT molecular complexity index is 1020. The third-order valence-corrected chi connectivity index (χ3v) is 5.49. The maximum absolute atomic E-state index is 12.7. The van der Waals surface area contributed by atoms with Crippen LogP contribution in [0.3, 0.4) is 0 Å². The van der Waals surface area contributed by atoms with E-state index in [1.54, 1.807) is 74.9 Å². The van der Waals surface area contributed by atoms with Crippen LogP contribution in [0.5, 0.6) is 11.5 Å². The van der Waals surface area contributed by atoms with Crippen molar-refractivity contribution in [3.63, 3.8) is 0 Å². The highest BCUT2D eigenvalue weighted by atomic mass is 79.9. The van der Waals surface area contributed by atoms with E-state index in [0.29, 0.717) is 42.9 Å². The molecule has 8 heteroatoms. The predicted octanol–water partition coefficient (Wildman–Crippen LogP) is 5.73. The van der Waals surface area contributed by atoms with Crippen molar-refractivity contribution in [2.75, 3.05) is 24.9 Å². The molecule has 6 nitrogen and oxygen atoms in total. The number of anilines is 2. The van der Waals surface area contributed by atoms with Gasteiger partial charge < -0.3 is 20.1 Å². The smallest absolute Gasteiger partial charge is 0.255 e. The Labute approximate surface area is 190 Å². The molecule has 0 radical (unpaired) electrons. The first-order valence-electron chi connectivity index (χ1n) is 8.81. The molecule has 0 aliphatic rings. The molecule has 0 aliphatic heterocycles. The lowest BCUT2D eigenvalue weighted by Gasteiger charge is -2.13. The Morgan fingerprint density at radius 2 is 1.10 bits per heavy atom. The molecule has 3 aromatic carbocycles. The van der Waals surface area contributed by atoms with Crippen LogP contribution in [0.2, 0.25) is 0 Å². The number of nitrogens with one attached hydrogen (secondary N) is 2. The SMILES string of the molecule is COc1ccc(C(=O)Nc2ccccc2NC(=O)c2ccc(OC)c(Br)c2)cc1Br. The van der Waals surface area contributed by atoms with Crippen LogP contribution >= 0.6 is 31.9 Å². The zero-order valence-electron chi connectivity index (χ0n) is 16.2. The zero-order chi connectivity index (χ0) is 21.7. The molecular weight excluding hydrogens is 516 g/mol. The molecule has 0 saturated heterocycles. The largest absolute Gasteiger partial charge is 0.496 e. The molecule has 0 unspecified atom stereocenters. The van der Waals surface area contributed by atoms with Gasteiger partial charge in [-0.1, -0.05) is 12.1 Å². The van der Waals surface area contributed by atoms with Gasteiger partial charge in [0, 0.05) is 11.1 Å². The van der Waals surface area contributed by atoms with Crippen LogP contribution in [0.4, 0.5) is 11.4 Å². The average molecular weight is 534 g/mol. The fourth-order valence-corrected chi connectivity index (χ4v) is 3.79. The average Bonchev–Trinajstić information content (AvgIpc) is 2.74. The molecule has 0 fully saturated rings. The van der Waals surface area contributed by atoms with Crippen LogP contribution in [0, 0.1) is 0 Å². The highest BCUT2D eigenvalue weighted by molar-refractivity contribution is 9.10. The van der Waals surface area contributed by atoms with Crippen LogP contribution in [-0.2, 0) is 0 Å². The molecule has 0 spiro atoms. The van der Waals surface area contributed by atoms with Crippen molar-refractivity contribution in [3.05, 3.63) is 80.7 Å². The molecule has 0 atom stereocenters. The third-order valence-electron chi connectivity index (χ3n) is 4.25. The van der Waals surface area contributed by atoms with E-state index in [-0.39, 0.29) is 11.8 Å². The number of ether oxygens (including phenoxy) is 2. The molecule has 0 heterocycles. The van der Waals surface area contributed by atoms with Gasteiger partial charge >= 0.3 is 0 Å². The van der Waals surface area contributed by atoms with Gasteiger partial charge in [0.15, 0.2) is 0 Å². The molecule has 2 N–H and O–H groups in total. The summed E-state index contributed by atoms with van der Waals surface area (Å²) in [5.74, 6) is 0.634. The van der Waals surface area contributed by atoms with Crippen molar-refractivity contribution in [1.82, 2.24) is 0 Å². The van der Waals surface area contributed by atoms with E-state index in [1.807, 2.05) is 0 Å². The van der Waals surface area contributed by atoms with E-state index < -0.39 is 0 Å². The van der Waals surface area contributed by atoms with Crippen molar-refractivity contribution in [2.24, 2.45) is 0 Å². The summed E-state index contributed by atoms with van der Waals surface area (Å²) in [5.41, 5.74) is 1.86. The molecule has 154 valence electrons. The number of amides is 2. The van der Waals surface area contributed by atoms with E-state index in [1.165, 1.54) is 0 Å². The quantitative estimate of drug-likeness (QED) is 0.424. The number of carbonyl (C=O) groups is 2. The number of methoxy groups -OCH3 is 2. The van der Waals surface area contributed by atoms with Gasteiger partial charge in [0.2, 0.25) is 0 Å². The fourth-order valence-electron chi connectivity index (χ4n) is 2.71. The first-order chi connectivity index (χ1) is 14.4. The maximum atomic E-state index is 12.7. The van der Waals surface area contributed by atoms with Crippen molar-refractivity contribution >= 4 is 55.0 Å². The van der Waals surface area contributed by atoms with Gasteiger partial charge in [-0.15, -0.1) is 0 Å². The molecule has 3 rings (SSSR count). The maximum Gasteiger partial charge on any atom is 0.255 e. The summed E-state index contributed by atoms with van der Waals surface area (Å²) in [7, 11) is 3.11. The Morgan fingerprint density at radius 3 is 1.43 bits per heavy atom. The fraction of sp³-hybridized carbons (Fsp3) is 0.0909. The summed E-state index contributed by atoms with van der Waals surface area (Å²) in [6, 6.07) is 17.1. The summed E-state index contributed by atoms with van der Waals surface area (Å²) in [5, 5.41) is 5.67. The normalized spacial score (nSPS) is 10.3. The second-order valence-electron chi connectivity index (χ2n) is 6.15. The number of rotatable bonds is 6. The monoisotopic (exact) mass is 532 g/mol. The number of benzene rings is 3. The second kappa shape index (κ2) is 9.77. The standard InChI is InChI=1S/C22H18Br2N2O4/c1-29-19-9-7-13(11-15(19)23)21(27)25-17-5-3-4-6-18(17)26-22(28)14-8-10-20(30-2)16(24)12-14/h3-12H,1-2H3,(H,25,27)(H,26,28). The van der Waals surface area contributed by atoms with Gasteiger partial charge in [-0.25, -0.2) is 0 Å². The third kappa shape index (κ3) is 5.01. The molecular formula is C22H18Br2N2O4. The zero-order valence-corrected chi connectivity index (χ0v) is 19.3. The topological polar surface area (TPSA) is 76.7 Å². The minimum Gasteiger partial charge on any atom is -0.496 e. The van der Waals surface area contributed by atoms with E-state index >= 15 is 0 Å². The highest BCUT2D eigenvalue weighted by Crippen LogP contribution is 2.28. The lowest BCUT2D eigenvalue weighted by Crippen LogP contribution is -2.17.